The summed E-state index contributed by atoms with van der Waals surface area (Å²) < 4.78 is 5.76. The number of ketones is 1. The van der Waals surface area contributed by atoms with E-state index >= 15 is 0 Å². The molecule has 1 aromatic heterocycles. The molecule has 0 spiro atoms. The van der Waals surface area contributed by atoms with Crippen molar-refractivity contribution in [3.8, 4) is 0 Å². The molecule has 1 N–H and O–H groups in total. The molecule has 0 radical (unpaired) electrons. The molecule has 0 fully saturated rings. The molecule has 1 aliphatic rings. The first kappa shape index (κ1) is 14.0. The number of carbonyl (C=O) groups is 2. The summed E-state index contributed by atoms with van der Waals surface area (Å²) in [5, 5.41) is 10.8. The summed E-state index contributed by atoms with van der Waals surface area (Å²) in [4.78, 5) is 25.9. The Labute approximate surface area is 129 Å². The average Bonchev–Trinajstić information content (AvgIpc) is 3.04. The van der Waals surface area contributed by atoms with Gasteiger partial charge in [0.1, 0.15) is 0 Å². The number of anilines is 1. The van der Waals surface area contributed by atoms with Crippen molar-refractivity contribution in [3.05, 3.63) is 52.4 Å². The Hall–Kier alpha value is -1.92. The lowest BCUT2D eigenvalue weighted by atomic mass is 9.89. The average molecular weight is 350 g/mol. The summed E-state index contributed by atoms with van der Waals surface area (Å²) >= 11 is 3.32. The standard InChI is InChI=1S/C15H12BrNO4/c1-17-11-5-4-9(16)7-10(11)15(20,14(17)19)8-12(18)13-3-2-6-21-13/h2-7,20H,8H2,1H3/t15-/m1/s1. The van der Waals surface area contributed by atoms with Crippen LogP contribution in [0.5, 0.6) is 0 Å². The maximum absolute atomic E-state index is 12.4. The number of Topliss-reactive ketones (excluding diaryl/α,β-unsaturated/α-hetero) is 1. The Balaban J connectivity index is 2.03. The minimum Gasteiger partial charge on any atom is -0.461 e. The molecule has 1 aliphatic heterocycles. The third-order valence-electron chi connectivity index (χ3n) is 3.64. The molecule has 0 bridgehead atoms. The van der Waals surface area contributed by atoms with Gasteiger partial charge in [0.05, 0.1) is 18.4 Å². The Morgan fingerprint density at radius 2 is 2.19 bits per heavy atom. The fourth-order valence-corrected chi connectivity index (χ4v) is 2.92. The Morgan fingerprint density at radius 3 is 2.86 bits per heavy atom. The number of hydrogen-bond donors (Lipinski definition) is 1. The fourth-order valence-electron chi connectivity index (χ4n) is 2.56. The van der Waals surface area contributed by atoms with E-state index in [-0.39, 0.29) is 12.2 Å². The molecule has 108 valence electrons. The van der Waals surface area contributed by atoms with Gasteiger partial charge in [-0.05, 0) is 30.3 Å². The first-order valence-electron chi connectivity index (χ1n) is 6.31. The lowest BCUT2D eigenvalue weighted by molar-refractivity contribution is -0.135. The van der Waals surface area contributed by atoms with Crippen molar-refractivity contribution in [2.24, 2.45) is 0 Å². The van der Waals surface area contributed by atoms with Crippen molar-refractivity contribution in [2.45, 2.75) is 12.0 Å². The minimum atomic E-state index is -1.86. The second-order valence-corrected chi connectivity index (χ2v) is 5.88. The third-order valence-corrected chi connectivity index (χ3v) is 4.13. The molecule has 2 heterocycles. The van der Waals surface area contributed by atoms with Crippen LogP contribution in [-0.4, -0.2) is 23.8 Å². The summed E-state index contributed by atoms with van der Waals surface area (Å²) in [5.74, 6) is -0.810. The van der Waals surface area contributed by atoms with Gasteiger partial charge >= 0.3 is 0 Å². The largest absolute Gasteiger partial charge is 0.461 e. The van der Waals surface area contributed by atoms with Gasteiger partial charge in [-0.25, -0.2) is 0 Å². The highest BCUT2D eigenvalue weighted by Gasteiger charge is 2.50. The van der Waals surface area contributed by atoms with Crippen LogP contribution in [0.3, 0.4) is 0 Å². The third kappa shape index (κ3) is 2.11. The highest BCUT2D eigenvalue weighted by atomic mass is 79.9. The molecule has 21 heavy (non-hydrogen) atoms. The highest BCUT2D eigenvalue weighted by molar-refractivity contribution is 9.10. The molecule has 6 heteroatoms. The van der Waals surface area contributed by atoms with Crippen molar-refractivity contribution in [3.63, 3.8) is 0 Å². The summed E-state index contributed by atoms with van der Waals surface area (Å²) in [6, 6.07) is 8.27. The number of fused-ring (bicyclic) bond motifs is 1. The molecular weight excluding hydrogens is 338 g/mol. The predicted octanol–water partition coefficient (Wildman–Crippen LogP) is 2.48. The van der Waals surface area contributed by atoms with Crippen LogP contribution in [-0.2, 0) is 10.4 Å². The van der Waals surface area contributed by atoms with Crippen LogP contribution in [0.2, 0.25) is 0 Å². The molecule has 1 atom stereocenters. The van der Waals surface area contributed by atoms with Crippen molar-refractivity contribution >= 4 is 33.3 Å². The smallest absolute Gasteiger partial charge is 0.263 e. The topological polar surface area (TPSA) is 70.8 Å². The van der Waals surface area contributed by atoms with E-state index in [2.05, 4.69) is 15.9 Å². The van der Waals surface area contributed by atoms with Gasteiger partial charge in [-0.1, -0.05) is 15.9 Å². The zero-order valence-corrected chi connectivity index (χ0v) is 12.8. The summed E-state index contributed by atoms with van der Waals surface area (Å²) in [5.41, 5.74) is -0.847. The lowest BCUT2D eigenvalue weighted by Gasteiger charge is -2.20. The minimum absolute atomic E-state index is 0.127. The zero-order chi connectivity index (χ0) is 15.2. The van der Waals surface area contributed by atoms with Gasteiger partial charge in [-0.3, -0.25) is 9.59 Å². The van der Waals surface area contributed by atoms with E-state index in [0.29, 0.717) is 11.3 Å². The number of halogens is 1. The van der Waals surface area contributed by atoms with E-state index in [0.717, 1.165) is 4.47 Å². The number of nitrogens with zero attached hydrogens (tertiary/aromatic N) is 1. The van der Waals surface area contributed by atoms with E-state index in [9.17, 15) is 14.7 Å². The van der Waals surface area contributed by atoms with Gasteiger partial charge < -0.3 is 14.4 Å². The van der Waals surface area contributed by atoms with E-state index in [1.54, 1.807) is 31.3 Å². The van der Waals surface area contributed by atoms with Gasteiger partial charge in [0, 0.05) is 17.1 Å². The molecular formula is C15H12BrNO4. The van der Waals surface area contributed by atoms with E-state index in [1.165, 1.54) is 17.2 Å². The number of carbonyl (C=O) groups excluding carboxylic acids is 2. The molecule has 0 saturated carbocycles. The summed E-state index contributed by atoms with van der Waals surface area (Å²) in [6.45, 7) is 0. The van der Waals surface area contributed by atoms with Crippen molar-refractivity contribution < 1.29 is 19.1 Å². The molecule has 1 aromatic carbocycles. The fraction of sp³-hybridized carbons (Fsp3) is 0.200. The van der Waals surface area contributed by atoms with Crippen LogP contribution in [0.1, 0.15) is 22.5 Å². The molecule has 3 rings (SSSR count). The van der Waals surface area contributed by atoms with Gasteiger partial charge in [0.2, 0.25) is 5.78 Å². The first-order chi connectivity index (χ1) is 9.93. The maximum Gasteiger partial charge on any atom is 0.263 e. The van der Waals surface area contributed by atoms with E-state index in [4.69, 9.17) is 4.42 Å². The number of hydrogen-bond acceptors (Lipinski definition) is 4. The Morgan fingerprint density at radius 1 is 1.43 bits per heavy atom. The van der Waals surface area contributed by atoms with E-state index in [1.807, 2.05) is 0 Å². The maximum atomic E-state index is 12.4. The number of rotatable bonds is 3. The van der Waals surface area contributed by atoms with Gasteiger partial charge in [0.25, 0.3) is 5.91 Å². The Kier molecular flexibility index (Phi) is 3.22. The van der Waals surface area contributed by atoms with Crippen molar-refractivity contribution in [1.82, 2.24) is 0 Å². The first-order valence-corrected chi connectivity index (χ1v) is 7.10. The molecule has 0 aliphatic carbocycles. The van der Waals surface area contributed by atoms with Crippen molar-refractivity contribution in [2.75, 3.05) is 11.9 Å². The highest BCUT2D eigenvalue weighted by Crippen LogP contribution is 2.43. The normalized spacial score (nSPS) is 20.7. The molecule has 2 aromatic rings. The second kappa shape index (κ2) is 4.82. The van der Waals surface area contributed by atoms with Gasteiger partial charge in [-0.15, -0.1) is 0 Å². The zero-order valence-electron chi connectivity index (χ0n) is 11.2. The molecule has 0 saturated heterocycles. The number of likely N-dealkylation sites (N-methyl/N-ethyl adjacent to an activating group) is 1. The quantitative estimate of drug-likeness (QED) is 0.864. The van der Waals surface area contributed by atoms with Crippen LogP contribution in [0.15, 0.2) is 45.5 Å². The molecule has 5 nitrogen and oxygen atoms in total. The number of benzene rings is 1. The summed E-state index contributed by atoms with van der Waals surface area (Å²) in [6.07, 6.45) is 1.03. The summed E-state index contributed by atoms with van der Waals surface area (Å²) in [7, 11) is 1.57. The number of aliphatic hydroxyl groups is 1. The van der Waals surface area contributed by atoms with Gasteiger partial charge in [-0.2, -0.15) is 0 Å². The molecule has 0 unspecified atom stereocenters. The van der Waals surface area contributed by atoms with Gasteiger partial charge in [0.15, 0.2) is 11.4 Å². The van der Waals surface area contributed by atoms with Crippen LogP contribution >= 0.6 is 15.9 Å². The predicted molar refractivity (Wildman–Crippen MR) is 79.1 cm³/mol. The monoisotopic (exact) mass is 349 g/mol. The van der Waals surface area contributed by atoms with Crippen LogP contribution < -0.4 is 4.90 Å². The number of amides is 1. The van der Waals surface area contributed by atoms with Crippen molar-refractivity contribution in [1.29, 1.82) is 0 Å². The van der Waals surface area contributed by atoms with Crippen LogP contribution in [0, 0.1) is 0 Å². The molecule has 1 amide bonds. The number of furan rings is 1. The van der Waals surface area contributed by atoms with Crippen LogP contribution in [0.4, 0.5) is 5.69 Å². The SMILES string of the molecule is CN1C(=O)[C@@](O)(CC(=O)c2ccco2)c2cc(Br)ccc21. The Bertz CT molecular complexity index is 725. The lowest BCUT2D eigenvalue weighted by Crippen LogP contribution is -2.40. The van der Waals surface area contributed by atoms with E-state index < -0.39 is 17.3 Å². The second-order valence-electron chi connectivity index (χ2n) is 4.96. The van der Waals surface area contributed by atoms with Crippen LogP contribution in [0.25, 0.3) is 0 Å².